The molecule has 0 bridgehead atoms. The van der Waals surface area contributed by atoms with Gasteiger partial charge in [-0.05, 0) is 49.1 Å². The Morgan fingerprint density at radius 3 is 2.16 bits per heavy atom. The van der Waals surface area contributed by atoms with Crippen molar-refractivity contribution in [3.05, 3.63) is 51.5 Å². The van der Waals surface area contributed by atoms with Crippen LogP contribution in [0.15, 0.2) is 29.2 Å². The first-order valence-corrected chi connectivity index (χ1v) is 10.6. The lowest BCUT2D eigenvalue weighted by Crippen LogP contribution is -2.20. The lowest BCUT2D eigenvalue weighted by atomic mass is 9.81. The Morgan fingerprint density at radius 2 is 1.71 bits per heavy atom. The first-order chi connectivity index (χ1) is 14.1. The van der Waals surface area contributed by atoms with Gasteiger partial charge < -0.3 is 10.4 Å². The van der Waals surface area contributed by atoms with Gasteiger partial charge in [0.05, 0.1) is 16.3 Å². The average Bonchev–Trinajstić information content (AvgIpc) is 2.60. The number of rotatable bonds is 4. The van der Waals surface area contributed by atoms with E-state index in [1.807, 2.05) is 0 Å². The minimum atomic E-state index is -4.95. The highest BCUT2D eigenvalue weighted by atomic mass is 35.5. The third-order valence-corrected chi connectivity index (χ3v) is 6.00. The number of ketones is 1. The lowest BCUT2D eigenvalue weighted by molar-refractivity contribution is -0.0384. The molecule has 2 rings (SSSR count). The van der Waals surface area contributed by atoms with Crippen LogP contribution >= 0.6 is 11.6 Å². The van der Waals surface area contributed by atoms with Gasteiger partial charge in [-0.15, -0.1) is 0 Å². The molecule has 1 unspecified atom stereocenters. The molecule has 0 aliphatic heterocycles. The molecule has 0 aromatic heterocycles. The smallest absolute Gasteiger partial charge is 0.475 e. The molecule has 0 aliphatic carbocycles. The van der Waals surface area contributed by atoms with E-state index in [1.54, 1.807) is 20.8 Å². The molecule has 5 nitrogen and oxygen atoms in total. The van der Waals surface area contributed by atoms with Gasteiger partial charge in [-0.25, -0.2) is 4.21 Å². The normalized spacial score (nSPS) is 13.1. The molecule has 1 amide bonds. The average molecular weight is 476 g/mol. The zero-order chi connectivity index (χ0) is 23.9. The number of alkyl halides is 3. The maximum atomic E-state index is 13.0. The van der Waals surface area contributed by atoms with E-state index in [-0.39, 0.29) is 38.9 Å². The highest BCUT2D eigenvalue weighted by molar-refractivity contribution is 7.86. The van der Waals surface area contributed by atoms with E-state index >= 15 is 0 Å². The minimum absolute atomic E-state index is 0.0427. The van der Waals surface area contributed by atoms with E-state index in [2.05, 4.69) is 5.32 Å². The van der Waals surface area contributed by atoms with Gasteiger partial charge in [0.2, 0.25) is 0 Å². The third-order valence-electron chi connectivity index (χ3n) is 4.59. The van der Waals surface area contributed by atoms with Crippen LogP contribution in [0, 0.1) is 6.92 Å². The Hall–Kier alpha value is -2.39. The Balaban J connectivity index is 2.52. The summed E-state index contributed by atoms with van der Waals surface area (Å²) in [5.74, 6) is -1.40. The largest absolute Gasteiger partial charge is 0.507 e. The summed E-state index contributed by atoms with van der Waals surface area (Å²) in [5, 5.41) is 12.9. The fraction of sp³-hybridized carbons (Fsp3) is 0.333. The van der Waals surface area contributed by atoms with Gasteiger partial charge in [-0.1, -0.05) is 32.4 Å². The molecule has 0 aliphatic rings. The molecule has 0 fully saturated rings. The van der Waals surface area contributed by atoms with Crippen LogP contribution in [0.1, 0.15) is 59.5 Å². The Labute approximate surface area is 185 Å². The number of aromatic hydroxyl groups is 1. The Morgan fingerprint density at radius 1 is 1.13 bits per heavy atom. The monoisotopic (exact) mass is 475 g/mol. The summed E-state index contributed by atoms with van der Waals surface area (Å²) >= 11 is 5.99. The molecule has 0 spiro atoms. The number of carbonyl (C=O) groups excluding carboxylic acids is 2. The Bertz CT molecular complexity index is 1090. The van der Waals surface area contributed by atoms with E-state index in [9.17, 15) is 32.1 Å². The number of carbonyl (C=O) groups is 2. The van der Waals surface area contributed by atoms with Crippen molar-refractivity contribution in [3.8, 4) is 5.75 Å². The van der Waals surface area contributed by atoms with Crippen molar-refractivity contribution in [2.45, 2.75) is 50.4 Å². The topological polar surface area (TPSA) is 83.5 Å². The minimum Gasteiger partial charge on any atom is -0.507 e. The van der Waals surface area contributed by atoms with E-state index < -0.39 is 32.5 Å². The summed E-state index contributed by atoms with van der Waals surface area (Å²) in [6.45, 7) is 8.26. The number of hydrogen-bond acceptors (Lipinski definition) is 4. The molecule has 31 heavy (non-hydrogen) atoms. The number of anilines is 1. The van der Waals surface area contributed by atoms with Crippen LogP contribution in [-0.4, -0.2) is 26.5 Å². The molecular formula is C21H21ClF3NO4S. The summed E-state index contributed by atoms with van der Waals surface area (Å²) in [7, 11) is -3.27. The van der Waals surface area contributed by atoms with Crippen molar-refractivity contribution < 1.29 is 32.1 Å². The van der Waals surface area contributed by atoms with Crippen molar-refractivity contribution in [3.63, 3.8) is 0 Å². The standard InChI is InChI=1S/C21H21ClF3NO4S/c1-10-13(11(2)27)9-14(20(3,4)5)18(28)17(10)19(29)26-16-7-6-12(8-15(16)22)31(30)21(23,24)25/h6-9,28H,1-5H3,(H,26,29). The van der Waals surface area contributed by atoms with Gasteiger partial charge in [0.25, 0.3) is 5.91 Å². The van der Waals surface area contributed by atoms with Crippen molar-refractivity contribution >= 4 is 39.8 Å². The first kappa shape index (κ1) is 24.9. The van der Waals surface area contributed by atoms with Gasteiger partial charge in [0.15, 0.2) is 16.6 Å². The molecule has 168 valence electrons. The molecule has 10 heteroatoms. The van der Waals surface area contributed by atoms with E-state index in [0.717, 1.165) is 18.2 Å². The van der Waals surface area contributed by atoms with E-state index in [4.69, 9.17) is 11.6 Å². The summed E-state index contributed by atoms with van der Waals surface area (Å²) in [6.07, 6.45) is 0. The highest BCUT2D eigenvalue weighted by Crippen LogP contribution is 2.38. The number of benzene rings is 2. The Kier molecular flexibility index (Phi) is 6.92. The second-order valence-electron chi connectivity index (χ2n) is 7.94. The third kappa shape index (κ3) is 5.27. The van der Waals surface area contributed by atoms with Crippen molar-refractivity contribution in [2.75, 3.05) is 5.32 Å². The van der Waals surface area contributed by atoms with Crippen molar-refractivity contribution in [1.82, 2.24) is 0 Å². The molecule has 0 heterocycles. The molecule has 2 aromatic rings. The maximum absolute atomic E-state index is 13.0. The molecule has 0 radical (unpaired) electrons. The predicted octanol–water partition coefficient (Wildman–Crippen LogP) is 5.73. The summed E-state index contributed by atoms with van der Waals surface area (Å²) in [5.41, 5.74) is -4.83. The number of phenols is 1. The van der Waals surface area contributed by atoms with E-state index in [1.165, 1.54) is 19.9 Å². The summed E-state index contributed by atoms with van der Waals surface area (Å²) in [6, 6.07) is 4.41. The molecular weight excluding hydrogens is 455 g/mol. The van der Waals surface area contributed by atoms with Gasteiger partial charge in [0.1, 0.15) is 5.75 Å². The number of Topliss-reactive ketones (excluding diaryl/α,β-unsaturated/α-hetero) is 1. The number of amides is 1. The number of phenolic OH excluding ortho intramolecular Hbond substituents is 1. The molecule has 1 atom stereocenters. The molecule has 2 N–H and O–H groups in total. The van der Waals surface area contributed by atoms with Crippen LogP contribution in [0.25, 0.3) is 0 Å². The van der Waals surface area contributed by atoms with Gasteiger partial charge in [-0.2, -0.15) is 13.2 Å². The molecule has 0 saturated carbocycles. The van der Waals surface area contributed by atoms with Crippen molar-refractivity contribution in [2.24, 2.45) is 0 Å². The lowest BCUT2D eigenvalue weighted by Gasteiger charge is -2.24. The van der Waals surface area contributed by atoms with Crippen LogP contribution in [0.5, 0.6) is 5.75 Å². The van der Waals surface area contributed by atoms with Gasteiger partial charge >= 0.3 is 5.51 Å². The van der Waals surface area contributed by atoms with Crippen LogP contribution in [0.2, 0.25) is 5.02 Å². The van der Waals surface area contributed by atoms with Gasteiger partial charge in [0, 0.05) is 16.0 Å². The second kappa shape index (κ2) is 8.63. The molecule has 2 aromatic carbocycles. The maximum Gasteiger partial charge on any atom is 0.475 e. The van der Waals surface area contributed by atoms with Crippen LogP contribution in [-0.2, 0) is 16.2 Å². The van der Waals surface area contributed by atoms with Crippen molar-refractivity contribution in [1.29, 1.82) is 0 Å². The van der Waals surface area contributed by atoms with Crippen LogP contribution < -0.4 is 5.32 Å². The van der Waals surface area contributed by atoms with Crippen LogP contribution in [0.3, 0.4) is 0 Å². The summed E-state index contributed by atoms with van der Waals surface area (Å²) in [4.78, 5) is 24.5. The van der Waals surface area contributed by atoms with Gasteiger partial charge in [-0.3, -0.25) is 9.59 Å². The SMILES string of the molecule is CC(=O)c1cc(C(C)(C)C)c(O)c(C(=O)Nc2ccc(S(=O)C(F)(F)F)cc2Cl)c1C. The quantitative estimate of drug-likeness (QED) is 0.553. The first-order valence-electron chi connectivity index (χ1n) is 9.03. The number of hydrogen-bond donors (Lipinski definition) is 2. The zero-order valence-electron chi connectivity index (χ0n) is 17.4. The highest BCUT2D eigenvalue weighted by Gasteiger charge is 2.38. The summed E-state index contributed by atoms with van der Waals surface area (Å²) < 4.78 is 49.4. The molecule has 0 saturated heterocycles. The van der Waals surface area contributed by atoms with E-state index in [0.29, 0.717) is 5.56 Å². The number of halogens is 4. The number of nitrogens with one attached hydrogen (secondary N) is 1. The zero-order valence-corrected chi connectivity index (χ0v) is 19.0. The predicted molar refractivity (Wildman–Crippen MR) is 113 cm³/mol. The fourth-order valence-electron chi connectivity index (χ4n) is 3.01. The fourth-order valence-corrected chi connectivity index (χ4v) is 3.99. The van der Waals surface area contributed by atoms with Crippen LogP contribution in [0.4, 0.5) is 18.9 Å². The second-order valence-corrected chi connectivity index (χ2v) is 9.82.